The molecule has 0 saturated carbocycles. The molecule has 98 valence electrons. The maximum Gasteiger partial charge on any atom is 0.0477 e. The Hall–Kier alpha value is -0.120. The zero-order chi connectivity index (χ0) is 12.4. The van der Waals surface area contributed by atoms with E-state index in [0.29, 0.717) is 12.1 Å². The fourth-order valence-corrected chi connectivity index (χ4v) is 1.89. The third kappa shape index (κ3) is 8.08. The van der Waals surface area contributed by atoms with Crippen molar-refractivity contribution in [3.63, 3.8) is 0 Å². The van der Waals surface area contributed by atoms with Crippen molar-refractivity contribution in [2.75, 3.05) is 32.8 Å². The Bertz CT molecular complexity index is 141. The summed E-state index contributed by atoms with van der Waals surface area (Å²) in [5, 5.41) is 3.46. The van der Waals surface area contributed by atoms with Crippen molar-refractivity contribution < 1.29 is 4.74 Å². The molecule has 0 bridgehead atoms. The number of hydrogen-bond acceptors (Lipinski definition) is 3. The fraction of sp³-hybridized carbons (Fsp3) is 1.00. The number of ether oxygens (including phenoxy) is 1. The van der Waals surface area contributed by atoms with Crippen LogP contribution in [0, 0.1) is 0 Å². The van der Waals surface area contributed by atoms with Gasteiger partial charge >= 0.3 is 0 Å². The van der Waals surface area contributed by atoms with Crippen LogP contribution in [0.15, 0.2) is 0 Å². The molecule has 0 unspecified atom stereocenters. The molecule has 0 aliphatic heterocycles. The molecule has 0 aliphatic rings. The minimum absolute atomic E-state index is 0.630. The van der Waals surface area contributed by atoms with Crippen LogP contribution in [0.5, 0.6) is 0 Å². The van der Waals surface area contributed by atoms with Crippen LogP contribution in [0.25, 0.3) is 0 Å². The van der Waals surface area contributed by atoms with Crippen LogP contribution in [0.4, 0.5) is 0 Å². The lowest BCUT2D eigenvalue weighted by atomic mass is 10.2. The summed E-state index contributed by atoms with van der Waals surface area (Å²) in [5.74, 6) is 0. The Balaban J connectivity index is 3.41. The van der Waals surface area contributed by atoms with E-state index in [1.165, 1.54) is 0 Å². The summed E-state index contributed by atoms with van der Waals surface area (Å²) >= 11 is 0. The molecule has 3 heteroatoms. The highest BCUT2D eigenvalue weighted by Crippen LogP contribution is 2.03. The van der Waals surface area contributed by atoms with Gasteiger partial charge in [-0.2, -0.15) is 0 Å². The molecule has 1 N–H and O–H groups in total. The van der Waals surface area contributed by atoms with Gasteiger partial charge in [0.1, 0.15) is 0 Å². The van der Waals surface area contributed by atoms with Crippen molar-refractivity contribution in [3.05, 3.63) is 0 Å². The summed E-state index contributed by atoms with van der Waals surface area (Å²) in [6, 6.07) is 1.26. The fourth-order valence-electron chi connectivity index (χ4n) is 1.89. The van der Waals surface area contributed by atoms with Crippen molar-refractivity contribution >= 4 is 0 Å². The molecule has 0 radical (unpaired) electrons. The summed E-state index contributed by atoms with van der Waals surface area (Å²) in [7, 11) is 0. The summed E-state index contributed by atoms with van der Waals surface area (Å²) in [6.07, 6.45) is 1.11. The molecule has 0 amide bonds. The van der Waals surface area contributed by atoms with Crippen LogP contribution in [-0.2, 0) is 4.74 Å². The van der Waals surface area contributed by atoms with Crippen molar-refractivity contribution in [1.82, 2.24) is 10.2 Å². The SMILES string of the molecule is CCOCCCNCCN(C(C)C)C(C)C. The maximum atomic E-state index is 5.29. The first-order valence-electron chi connectivity index (χ1n) is 6.63. The first-order valence-corrected chi connectivity index (χ1v) is 6.63. The zero-order valence-corrected chi connectivity index (χ0v) is 11.8. The minimum Gasteiger partial charge on any atom is -0.382 e. The highest BCUT2D eigenvalue weighted by Gasteiger charge is 2.11. The van der Waals surface area contributed by atoms with Crippen molar-refractivity contribution in [2.45, 2.75) is 53.1 Å². The molecule has 0 fully saturated rings. The van der Waals surface area contributed by atoms with Crippen LogP contribution in [0.2, 0.25) is 0 Å². The van der Waals surface area contributed by atoms with E-state index in [-0.39, 0.29) is 0 Å². The molecule has 0 aromatic rings. The molecule has 0 rings (SSSR count). The predicted molar refractivity (Wildman–Crippen MR) is 71.0 cm³/mol. The van der Waals surface area contributed by atoms with Crippen molar-refractivity contribution in [1.29, 1.82) is 0 Å². The van der Waals surface area contributed by atoms with Crippen LogP contribution in [0.1, 0.15) is 41.0 Å². The van der Waals surface area contributed by atoms with Crippen LogP contribution in [0.3, 0.4) is 0 Å². The average Bonchev–Trinajstić information content (AvgIpc) is 2.21. The monoisotopic (exact) mass is 230 g/mol. The van der Waals surface area contributed by atoms with E-state index in [9.17, 15) is 0 Å². The van der Waals surface area contributed by atoms with Gasteiger partial charge in [-0.05, 0) is 47.6 Å². The largest absolute Gasteiger partial charge is 0.382 e. The Kier molecular flexibility index (Phi) is 9.99. The number of rotatable bonds is 10. The van der Waals surface area contributed by atoms with Gasteiger partial charge in [-0.3, -0.25) is 4.90 Å². The highest BCUT2D eigenvalue weighted by atomic mass is 16.5. The standard InChI is InChI=1S/C13H30N2O/c1-6-16-11-7-8-14-9-10-15(12(2)3)13(4)5/h12-14H,6-11H2,1-5H3. The second-order valence-corrected chi connectivity index (χ2v) is 4.73. The summed E-state index contributed by atoms with van der Waals surface area (Å²) < 4.78 is 5.29. The van der Waals surface area contributed by atoms with Crippen LogP contribution < -0.4 is 5.32 Å². The predicted octanol–water partition coefficient (Wildman–Crippen LogP) is 2.12. The second-order valence-electron chi connectivity index (χ2n) is 4.73. The molecule has 0 aliphatic carbocycles. The van der Waals surface area contributed by atoms with E-state index in [1.54, 1.807) is 0 Å². The normalized spacial score (nSPS) is 12.0. The molecule has 0 saturated heterocycles. The maximum absolute atomic E-state index is 5.29. The molecule has 0 aromatic heterocycles. The van der Waals surface area contributed by atoms with Crippen molar-refractivity contribution in [2.24, 2.45) is 0 Å². The summed E-state index contributed by atoms with van der Waals surface area (Å²) in [4.78, 5) is 2.51. The molecule has 16 heavy (non-hydrogen) atoms. The second kappa shape index (κ2) is 10.1. The third-order valence-electron chi connectivity index (χ3n) is 2.72. The van der Waals surface area contributed by atoms with Gasteiger partial charge in [0.15, 0.2) is 0 Å². The van der Waals surface area contributed by atoms with Crippen molar-refractivity contribution in [3.8, 4) is 0 Å². The van der Waals surface area contributed by atoms with Gasteiger partial charge in [0, 0.05) is 38.4 Å². The first kappa shape index (κ1) is 15.9. The van der Waals surface area contributed by atoms with Gasteiger partial charge in [0.25, 0.3) is 0 Å². The molecule has 0 aromatic carbocycles. The van der Waals surface area contributed by atoms with E-state index in [1.807, 2.05) is 6.92 Å². The van der Waals surface area contributed by atoms with E-state index in [2.05, 4.69) is 37.9 Å². The molecule has 3 nitrogen and oxygen atoms in total. The van der Waals surface area contributed by atoms with Gasteiger partial charge < -0.3 is 10.1 Å². The lowest BCUT2D eigenvalue weighted by Gasteiger charge is -2.30. The topological polar surface area (TPSA) is 24.5 Å². The van der Waals surface area contributed by atoms with Crippen LogP contribution >= 0.6 is 0 Å². The van der Waals surface area contributed by atoms with Gasteiger partial charge in [0.2, 0.25) is 0 Å². The molecule has 0 heterocycles. The van der Waals surface area contributed by atoms with Crippen LogP contribution in [-0.4, -0.2) is 49.8 Å². The lowest BCUT2D eigenvalue weighted by molar-refractivity contribution is 0.143. The Morgan fingerprint density at radius 3 is 2.19 bits per heavy atom. The quantitative estimate of drug-likeness (QED) is 0.582. The zero-order valence-electron chi connectivity index (χ0n) is 11.8. The Morgan fingerprint density at radius 2 is 1.69 bits per heavy atom. The van der Waals surface area contributed by atoms with Gasteiger partial charge in [-0.25, -0.2) is 0 Å². The first-order chi connectivity index (χ1) is 7.59. The van der Waals surface area contributed by atoms with Gasteiger partial charge in [0.05, 0.1) is 0 Å². The average molecular weight is 230 g/mol. The number of nitrogens with one attached hydrogen (secondary N) is 1. The smallest absolute Gasteiger partial charge is 0.0477 e. The van der Waals surface area contributed by atoms with Gasteiger partial charge in [-0.1, -0.05) is 0 Å². The van der Waals surface area contributed by atoms with E-state index in [0.717, 1.165) is 39.3 Å². The minimum atomic E-state index is 0.630. The molecular weight excluding hydrogens is 200 g/mol. The summed E-state index contributed by atoms with van der Waals surface area (Å²) in [6.45, 7) is 16.0. The lowest BCUT2D eigenvalue weighted by Crippen LogP contribution is -2.41. The number of nitrogens with zero attached hydrogens (tertiary/aromatic N) is 1. The van der Waals surface area contributed by atoms with E-state index < -0.39 is 0 Å². The third-order valence-corrected chi connectivity index (χ3v) is 2.72. The number of hydrogen-bond donors (Lipinski definition) is 1. The molecule has 0 spiro atoms. The Morgan fingerprint density at radius 1 is 1.06 bits per heavy atom. The highest BCUT2D eigenvalue weighted by molar-refractivity contribution is 4.68. The van der Waals surface area contributed by atoms with Gasteiger partial charge in [-0.15, -0.1) is 0 Å². The Labute approximate surface area is 102 Å². The van der Waals surface area contributed by atoms with E-state index in [4.69, 9.17) is 4.74 Å². The molecular formula is C13H30N2O. The summed E-state index contributed by atoms with van der Waals surface area (Å²) in [5.41, 5.74) is 0. The van der Waals surface area contributed by atoms with E-state index >= 15 is 0 Å². The molecule has 0 atom stereocenters.